The van der Waals surface area contributed by atoms with Crippen LogP contribution in [0.2, 0.25) is 0 Å². The summed E-state index contributed by atoms with van der Waals surface area (Å²) in [5.41, 5.74) is 0.724. The Kier molecular flexibility index (Phi) is 3.57. The Morgan fingerprint density at radius 3 is 1.89 bits per heavy atom. The van der Waals surface area contributed by atoms with Crippen molar-refractivity contribution in [2.24, 2.45) is 0 Å². The van der Waals surface area contributed by atoms with Crippen LogP contribution >= 0.6 is 0 Å². The second kappa shape index (κ2) is 4.64. The SMILES string of the molecule is CCC(C)(B1OC(C)(C)C(C)(C)O1)c1ccccc1. The van der Waals surface area contributed by atoms with Gasteiger partial charge in [0.15, 0.2) is 0 Å². The molecule has 0 spiro atoms. The molecule has 3 heteroatoms. The molecular weight excluding hydrogens is 235 g/mol. The molecule has 0 amide bonds. The molecule has 19 heavy (non-hydrogen) atoms. The van der Waals surface area contributed by atoms with Gasteiger partial charge in [-0.05, 0) is 39.7 Å². The van der Waals surface area contributed by atoms with Gasteiger partial charge in [-0.25, -0.2) is 0 Å². The number of rotatable bonds is 3. The Morgan fingerprint density at radius 1 is 1.00 bits per heavy atom. The highest BCUT2D eigenvalue weighted by Gasteiger charge is 2.57. The lowest BCUT2D eigenvalue weighted by Gasteiger charge is -2.32. The number of benzene rings is 1. The Balaban J connectivity index is 2.35. The molecule has 1 aromatic carbocycles. The average molecular weight is 260 g/mol. The molecule has 1 aromatic rings. The zero-order valence-corrected chi connectivity index (χ0v) is 13.0. The van der Waals surface area contributed by atoms with Gasteiger partial charge in [0, 0.05) is 5.31 Å². The van der Waals surface area contributed by atoms with Gasteiger partial charge in [-0.15, -0.1) is 0 Å². The van der Waals surface area contributed by atoms with Gasteiger partial charge in [0.25, 0.3) is 0 Å². The molecule has 1 fully saturated rings. The lowest BCUT2D eigenvalue weighted by atomic mass is 9.53. The summed E-state index contributed by atoms with van der Waals surface area (Å²) in [6.07, 6.45) is 0.980. The summed E-state index contributed by atoms with van der Waals surface area (Å²) in [7, 11) is -0.204. The fourth-order valence-corrected chi connectivity index (χ4v) is 2.43. The fraction of sp³-hybridized carbons (Fsp3) is 0.625. The highest BCUT2D eigenvalue weighted by atomic mass is 16.7. The maximum Gasteiger partial charge on any atom is 0.468 e. The summed E-state index contributed by atoms with van der Waals surface area (Å²) in [5, 5.41) is -0.119. The Bertz CT molecular complexity index is 425. The molecular formula is C16H25BO2. The van der Waals surface area contributed by atoms with Gasteiger partial charge in [-0.3, -0.25) is 0 Å². The van der Waals surface area contributed by atoms with Crippen LogP contribution in [0.3, 0.4) is 0 Å². The molecule has 0 aromatic heterocycles. The highest BCUT2D eigenvalue weighted by Crippen LogP contribution is 2.44. The second-order valence-corrected chi connectivity index (χ2v) is 6.73. The van der Waals surface area contributed by atoms with Gasteiger partial charge >= 0.3 is 7.12 Å². The van der Waals surface area contributed by atoms with Crippen LogP contribution in [0.25, 0.3) is 0 Å². The van der Waals surface area contributed by atoms with Crippen molar-refractivity contribution in [3.05, 3.63) is 35.9 Å². The first-order valence-electron chi connectivity index (χ1n) is 7.14. The third-order valence-electron chi connectivity index (χ3n) is 4.94. The van der Waals surface area contributed by atoms with E-state index in [4.69, 9.17) is 9.31 Å². The first kappa shape index (κ1) is 14.6. The molecule has 104 valence electrons. The van der Waals surface area contributed by atoms with Gasteiger partial charge in [0.05, 0.1) is 11.2 Å². The van der Waals surface area contributed by atoms with Crippen LogP contribution in [0.1, 0.15) is 53.5 Å². The summed E-state index contributed by atoms with van der Waals surface area (Å²) in [6, 6.07) is 10.5. The van der Waals surface area contributed by atoms with Gasteiger partial charge < -0.3 is 9.31 Å². The molecule has 0 bridgehead atoms. The topological polar surface area (TPSA) is 18.5 Å². The van der Waals surface area contributed by atoms with Gasteiger partial charge in [-0.1, -0.05) is 44.2 Å². The van der Waals surface area contributed by atoms with Crippen LogP contribution in [0.5, 0.6) is 0 Å². The van der Waals surface area contributed by atoms with Crippen LogP contribution in [-0.4, -0.2) is 18.3 Å². The predicted octanol–water partition coefficient (Wildman–Crippen LogP) is 3.99. The minimum atomic E-state index is -0.275. The zero-order valence-electron chi connectivity index (χ0n) is 13.0. The van der Waals surface area contributed by atoms with Crippen LogP contribution in [0, 0.1) is 0 Å². The minimum absolute atomic E-state index is 0.119. The molecule has 2 nitrogen and oxygen atoms in total. The lowest BCUT2D eigenvalue weighted by Crippen LogP contribution is -2.43. The smallest absolute Gasteiger partial charge is 0.403 e. The van der Waals surface area contributed by atoms with E-state index in [0.29, 0.717) is 0 Å². The Hall–Kier alpha value is -0.795. The zero-order chi connectivity index (χ0) is 14.3. The van der Waals surface area contributed by atoms with E-state index in [1.807, 2.05) is 6.07 Å². The molecule has 1 unspecified atom stereocenters. The molecule has 1 saturated heterocycles. The molecule has 0 aliphatic carbocycles. The largest absolute Gasteiger partial charge is 0.468 e. The number of hydrogen-bond donors (Lipinski definition) is 0. The summed E-state index contributed by atoms with van der Waals surface area (Å²) in [5.74, 6) is 0. The van der Waals surface area contributed by atoms with Crippen LogP contribution in [-0.2, 0) is 14.6 Å². The van der Waals surface area contributed by atoms with E-state index in [0.717, 1.165) is 6.42 Å². The first-order chi connectivity index (χ1) is 8.73. The number of hydrogen-bond acceptors (Lipinski definition) is 2. The van der Waals surface area contributed by atoms with E-state index < -0.39 is 0 Å². The summed E-state index contributed by atoms with van der Waals surface area (Å²) < 4.78 is 12.5. The van der Waals surface area contributed by atoms with Crippen molar-refractivity contribution in [3.63, 3.8) is 0 Å². The summed E-state index contributed by atoms with van der Waals surface area (Å²) >= 11 is 0. The van der Waals surface area contributed by atoms with E-state index in [2.05, 4.69) is 65.8 Å². The summed E-state index contributed by atoms with van der Waals surface area (Å²) in [6.45, 7) is 12.8. The van der Waals surface area contributed by atoms with Crippen LogP contribution in [0.15, 0.2) is 30.3 Å². The Labute approximate surface area is 117 Å². The third kappa shape index (κ3) is 2.34. The van der Waals surface area contributed by atoms with Crippen molar-refractivity contribution in [1.29, 1.82) is 0 Å². The van der Waals surface area contributed by atoms with Crippen LogP contribution in [0.4, 0.5) is 0 Å². The fourth-order valence-electron chi connectivity index (χ4n) is 2.43. The first-order valence-corrected chi connectivity index (χ1v) is 7.14. The molecule has 1 aliphatic rings. The molecule has 0 radical (unpaired) electrons. The van der Waals surface area contributed by atoms with Crippen molar-refractivity contribution in [3.8, 4) is 0 Å². The van der Waals surface area contributed by atoms with E-state index in [-0.39, 0.29) is 23.6 Å². The standard InChI is InChI=1S/C16H25BO2/c1-7-16(6,13-11-9-8-10-12-13)17-18-14(2,3)15(4,5)19-17/h8-12H,7H2,1-6H3. The maximum atomic E-state index is 6.25. The Morgan fingerprint density at radius 2 is 1.47 bits per heavy atom. The van der Waals surface area contributed by atoms with E-state index in [1.165, 1.54) is 5.56 Å². The lowest BCUT2D eigenvalue weighted by molar-refractivity contribution is 0.00578. The van der Waals surface area contributed by atoms with Crippen molar-refractivity contribution in [2.45, 2.75) is 64.5 Å². The van der Waals surface area contributed by atoms with E-state index >= 15 is 0 Å². The maximum absolute atomic E-state index is 6.25. The van der Waals surface area contributed by atoms with Crippen molar-refractivity contribution < 1.29 is 9.31 Å². The van der Waals surface area contributed by atoms with E-state index in [9.17, 15) is 0 Å². The molecule has 0 N–H and O–H groups in total. The highest BCUT2D eigenvalue weighted by molar-refractivity contribution is 6.49. The molecule has 0 saturated carbocycles. The normalized spacial score (nSPS) is 24.2. The monoisotopic (exact) mass is 260 g/mol. The third-order valence-corrected chi connectivity index (χ3v) is 4.94. The van der Waals surface area contributed by atoms with Gasteiger partial charge in [0.2, 0.25) is 0 Å². The molecule has 1 atom stereocenters. The van der Waals surface area contributed by atoms with Crippen LogP contribution < -0.4 is 0 Å². The quantitative estimate of drug-likeness (QED) is 0.765. The summed E-state index contributed by atoms with van der Waals surface area (Å²) in [4.78, 5) is 0. The van der Waals surface area contributed by atoms with Gasteiger partial charge in [0.1, 0.15) is 0 Å². The second-order valence-electron chi connectivity index (χ2n) is 6.73. The predicted molar refractivity (Wildman–Crippen MR) is 80.2 cm³/mol. The van der Waals surface area contributed by atoms with Crippen molar-refractivity contribution in [1.82, 2.24) is 0 Å². The van der Waals surface area contributed by atoms with Crippen molar-refractivity contribution in [2.75, 3.05) is 0 Å². The molecule has 1 aliphatic heterocycles. The average Bonchev–Trinajstić information content (AvgIpc) is 2.59. The minimum Gasteiger partial charge on any atom is -0.403 e. The van der Waals surface area contributed by atoms with Gasteiger partial charge in [-0.2, -0.15) is 0 Å². The molecule has 1 heterocycles. The van der Waals surface area contributed by atoms with E-state index in [1.54, 1.807) is 0 Å². The molecule has 2 rings (SSSR count). The van der Waals surface area contributed by atoms with Crippen molar-refractivity contribution >= 4 is 7.12 Å².